The van der Waals surface area contributed by atoms with Crippen LogP contribution >= 0.6 is 0 Å². The lowest BCUT2D eigenvalue weighted by Gasteiger charge is -2.27. The average molecular weight is 509 g/mol. The topological polar surface area (TPSA) is 96.8 Å². The van der Waals surface area contributed by atoms with Crippen LogP contribution in [0.5, 0.6) is 0 Å². The number of nitrogens with one attached hydrogen (secondary N) is 2. The lowest BCUT2D eigenvalue weighted by Crippen LogP contribution is -2.37. The van der Waals surface area contributed by atoms with Crippen molar-refractivity contribution in [2.24, 2.45) is 0 Å². The standard InChI is InChI=1S/C25H23F3N8O/c26-16-3-1-2-15(12-16)6-7-36-14-30-22-23(33-25(34-24(22)36)35-8-10-37-11-9-35)29-13-19-31-18-5-4-17(27)20(28)21(18)32-19/h1-5,12,14H,6-11,13H2,(H,31,32)(H,29,33,34). The highest BCUT2D eigenvalue weighted by Gasteiger charge is 2.20. The van der Waals surface area contributed by atoms with Crippen molar-refractivity contribution in [2.45, 2.75) is 19.5 Å². The van der Waals surface area contributed by atoms with Crippen molar-refractivity contribution in [1.29, 1.82) is 0 Å². The van der Waals surface area contributed by atoms with E-state index in [1.54, 1.807) is 12.4 Å². The van der Waals surface area contributed by atoms with E-state index in [0.29, 0.717) is 73.5 Å². The molecule has 0 aliphatic carbocycles. The zero-order chi connectivity index (χ0) is 25.4. The number of aromatic nitrogens is 6. The van der Waals surface area contributed by atoms with Crippen molar-refractivity contribution in [3.63, 3.8) is 0 Å². The van der Waals surface area contributed by atoms with Gasteiger partial charge in [0.05, 0.1) is 31.6 Å². The molecule has 3 aromatic heterocycles. The Morgan fingerprint density at radius 1 is 1.00 bits per heavy atom. The number of rotatable bonds is 7. The highest BCUT2D eigenvalue weighted by Crippen LogP contribution is 2.25. The first-order chi connectivity index (χ1) is 18.0. The van der Waals surface area contributed by atoms with E-state index in [-0.39, 0.29) is 17.9 Å². The predicted octanol–water partition coefficient (Wildman–Crippen LogP) is 3.81. The van der Waals surface area contributed by atoms with E-state index in [1.807, 2.05) is 15.5 Å². The smallest absolute Gasteiger partial charge is 0.229 e. The van der Waals surface area contributed by atoms with Gasteiger partial charge in [-0.3, -0.25) is 0 Å². The van der Waals surface area contributed by atoms with E-state index >= 15 is 0 Å². The van der Waals surface area contributed by atoms with Gasteiger partial charge in [-0.05, 0) is 36.2 Å². The predicted molar refractivity (Wildman–Crippen MR) is 132 cm³/mol. The largest absolute Gasteiger partial charge is 0.378 e. The van der Waals surface area contributed by atoms with Gasteiger partial charge < -0.3 is 24.5 Å². The van der Waals surface area contributed by atoms with E-state index in [0.717, 1.165) is 11.6 Å². The molecule has 5 aromatic rings. The molecule has 37 heavy (non-hydrogen) atoms. The number of nitrogens with zero attached hydrogens (tertiary/aromatic N) is 6. The molecule has 0 bridgehead atoms. The molecular formula is C25H23F3N8O. The Balaban J connectivity index is 1.31. The Morgan fingerprint density at radius 2 is 1.86 bits per heavy atom. The summed E-state index contributed by atoms with van der Waals surface area (Å²) in [5, 5.41) is 3.23. The number of benzene rings is 2. The van der Waals surface area contributed by atoms with Gasteiger partial charge in [-0.15, -0.1) is 0 Å². The summed E-state index contributed by atoms with van der Waals surface area (Å²) in [4.78, 5) is 23.3. The van der Waals surface area contributed by atoms with Crippen molar-refractivity contribution in [1.82, 2.24) is 29.5 Å². The van der Waals surface area contributed by atoms with Crippen molar-refractivity contribution < 1.29 is 17.9 Å². The number of imidazole rings is 2. The second-order valence-corrected chi connectivity index (χ2v) is 8.76. The molecule has 0 atom stereocenters. The summed E-state index contributed by atoms with van der Waals surface area (Å²) in [6, 6.07) is 9.02. The maximum Gasteiger partial charge on any atom is 0.229 e. The summed E-state index contributed by atoms with van der Waals surface area (Å²) in [5.74, 6) is -0.771. The molecule has 9 nitrogen and oxygen atoms in total. The van der Waals surface area contributed by atoms with Gasteiger partial charge in [-0.1, -0.05) is 12.1 Å². The van der Waals surface area contributed by atoms with E-state index in [2.05, 4.69) is 20.3 Å². The zero-order valence-electron chi connectivity index (χ0n) is 19.7. The summed E-state index contributed by atoms with van der Waals surface area (Å²) in [6.07, 6.45) is 2.29. The second-order valence-electron chi connectivity index (χ2n) is 8.76. The van der Waals surface area contributed by atoms with Crippen LogP contribution in [-0.2, 0) is 24.2 Å². The Bertz CT molecular complexity index is 1580. The molecule has 1 saturated heterocycles. The van der Waals surface area contributed by atoms with Crippen LogP contribution in [0, 0.1) is 17.5 Å². The van der Waals surface area contributed by atoms with E-state index in [1.165, 1.54) is 18.2 Å². The van der Waals surface area contributed by atoms with Crippen LogP contribution in [0.4, 0.5) is 24.9 Å². The van der Waals surface area contributed by atoms with Crippen LogP contribution in [0.2, 0.25) is 0 Å². The maximum absolute atomic E-state index is 14.1. The van der Waals surface area contributed by atoms with Crippen LogP contribution in [-0.4, -0.2) is 55.8 Å². The zero-order valence-corrected chi connectivity index (χ0v) is 19.7. The molecule has 6 rings (SSSR count). The number of ether oxygens (including phenoxy) is 1. The van der Waals surface area contributed by atoms with Crippen LogP contribution < -0.4 is 10.2 Å². The first kappa shape index (κ1) is 23.2. The van der Waals surface area contributed by atoms with Crippen LogP contribution in [0.1, 0.15) is 11.4 Å². The highest BCUT2D eigenvalue weighted by atomic mass is 19.2. The number of aryl methyl sites for hydroxylation is 2. The molecule has 0 unspecified atom stereocenters. The molecule has 4 heterocycles. The fourth-order valence-corrected chi connectivity index (χ4v) is 4.39. The molecular weight excluding hydrogens is 485 g/mol. The van der Waals surface area contributed by atoms with Gasteiger partial charge in [0.1, 0.15) is 17.2 Å². The molecule has 1 aliphatic heterocycles. The third-order valence-electron chi connectivity index (χ3n) is 6.29. The summed E-state index contributed by atoms with van der Waals surface area (Å²) >= 11 is 0. The Morgan fingerprint density at radius 3 is 2.70 bits per heavy atom. The van der Waals surface area contributed by atoms with Crippen molar-refractivity contribution in [3.8, 4) is 0 Å². The SMILES string of the molecule is Fc1cccc(CCn2cnc3c(NCc4nc5c(F)c(F)ccc5[nH]4)nc(N4CCOCC4)nc32)c1. The number of aromatic amines is 1. The Labute approximate surface area is 209 Å². The minimum Gasteiger partial charge on any atom is -0.378 e. The molecule has 0 radical (unpaired) electrons. The van der Waals surface area contributed by atoms with Gasteiger partial charge in [-0.2, -0.15) is 9.97 Å². The number of fused-ring (bicyclic) bond motifs is 2. The van der Waals surface area contributed by atoms with Crippen molar-refractivity contribution >= 4 is 34.0 Å². The molecule has 1 aliphatic rings. The molecule has 12 heteroatoms. The monoisotopic (exact) mass is 508 g/mol. The molecule has 0 saturated carbocycles. The van der Waals surface area contributed by atoms with Gasteiger partial charge in [0.2, 0.25) is 5.95 Å². The van der Waals surface area contributed by atoms with Crippen molar-refractivity contribution in [2.75, 3.05) is 36.5 Å². The average Bonchev–Trinajstić information content (AvgIpc) is 3.53. The number of halogens is 3. The lowest BCUT2D eigenvalue weighted by atomic mass is 10.1. The summed E-state index contributed by atoms with van der Waals surface area (Å²) in [5.41, 5.74) is 2.41. The normalized spacial score (nSPS) is 14.1. The lowest BCUT2D eigenvalue weighted by molar-refractivity contribution is 0.122. The number of H-pyrrole nitrogens is 1. The minimum absolute atomic E-state index is 0.0553. The molecule has 190 valence electrons. The fraction of sp³-hybridized carbons (Fsp3) is 0.280. The number of hydrogen-bond donors (Lipinski definition) is 2. The van der Waals surface area contributed by atoms with Gasteiger partial charge in [-0.25, -0.2) is 23.1 Å². The summed E-state index contributed by atoms with van der Waals surface area (Å²) in [7, 11) is 0. The highest BCUT2D eigenvalue weighted by molar-refractivity contribution is 5.84. The third kappa shape index (κ3) is 4.67. The number of anilines is 2. The van der Waals surface area contributed by atoms with Gasteiger partial charge in [0, 0.05) is 19.6 Å². The Kier molecular flexibility index (Phi) is 6.08. The third-order valence-corrected chi connectivity index (χ3v) is 6.29. The van der Waals surface area contributed by atoms with Crippen LogP contribution in [0.3, 0.4) is 0 Å². The molecule has 1 fully saturated rings. The number of hydrogen-bond acceptors (Lipinski definition) is 7. The quantitative estimate of drug-likeness (QED) is 0.345. The van der Waals surface area contributed by atoms with Gasteiger partial charge >= 0.3 is 0 Å². The van der Waals surface area contributed by atoms with E-state index in [4.69, 9.17) is 14.7 Å². The van der Waals surface area contributed by atoms with Gasteiger partial charge in [0.15, 0.2) is 28.6 Å². The molecule has 2 aromatic carbocycles. The Hall–Kier alpha value is -4.19. The van der Waals surface area contributed by atoms with Gasteiger partial charge in [0.25, 0.3) is 0 Å². The maximum atomic E-state index is 14.1. The summed E-state index contributed by atoms with van der Waals surface area (Å²) in [6.45, 7) is 3.18. The first-order valence-electron chi connectivity index (χ1n) is 11.9. The summed E-state index contributed by atoms with van der Waals surface area (Å²) < 4.78 is 48.7. The van der Waals surface area contributed by atoms with Crippen LogP contribution in [0.25, 0.3) is 22.2 Å². The number of morpholine rings is 1. The van der Waals surface area contributed by atoms with E-state index < -0.39 is 11.6 Å². The van der Waals surface area contributed by atoms with Crippen LogP contribution in [0.15, 0.2) is 42.7 Å². The first-order valence-corrected chi connectivity index (χ1v) is 11.9. The van der Waals surface area contributed by atoms with E-state index in [9.17, 15) is 13.2 Å². The molecule has 0 spiro atoms. The minimum atomic E-state index is -0.990. The fourth-order valence-electron chi connectivity index (χ4n) is 4.39. The van der Waals surface area contributed by atoms with Crippen molar-refractivity contribution in [3.05, 3.63) is 71.6 Å². The second kappa shape index (κ2) is 9.69. The molecule has 2 N–H and O–H groups in total. The molecule has 0 amide bonds.